The quantitative estimate of drug-likeness (QED) is 0.355. The van der Waals surface area contributed by atoms with Gasteiger partial charge in [0.15, 0.2) is 0 Å². The zero-order chi connectivity index (χ0) is 30.0. The van der Waals surface area contributed by atoms with Gasteiger partial charge in [-0.3, -0.25) is 4.79 Å². The average molecular weight is 625 g/mol. The van der Waals surface area contributed by atoms with Crippen LogP contribution in [-0.2, 0) is 19.6 Å². The molecule has 0 radical (unpaired) electrons. The lowest BCUT2D eigenvalue weighted by Gasteiger charge is -2.44. The normalized spacial score (nSPS) is 21.2. The number of piperazine rings is 1. The Morgan fingerprint density at radius 1 is 1.02 bits per heavy atom. The van der Waals surface area contributed by atoms with E-state index >= 15 is 0 Å². The second-order valence-electron chi connectivity index (χ2n) is 11.4. The van der Waals surface area contributed by atoms with Crippen molar-refractivity contribution in [3.63, 3.8) is 0 Å². The molecule has 1 atom stereocenters. The molecule has 2 saturated heterocycles. The number of thiophene rings is 1. The number of aromatic carboxylic acids is 1. The van der Waals surface area contributed by atoms with Crippen LogP contribution in [0.3, 0.4) is 0 Å². The summed E-state index contributed by atoms with van der Waals surface area (Å²) in [4.78, 5) is 33.2. The molecule has 2 aromatic heterocycles. The minimum atomic E-state index is -4.02. The zero-order valence-electron chi connectivity index (χ0n) is 23.9. The number of hydrogen-bond acceptors (Lipinski definition) is 8. The van der Waals surface area contributed by atoms with Crippen molar-refractivity contribution in [1.82, 2.24) is 9.29 Å². The molecule has 228 valence electrons. The van der Waals surface area contributed by atoms with Crippen molar-refractivity contribution in [2.45, 2.75) is 61.9 Å². The van der Waals surface area contributed by atoms with E-state index in [9.17, 15) is 23.1 Å². The molecular formula is C31H36N4O6S2. The number of carbonyl (C=O) groups excluding carboxylic acids is 1. The van der Waals surface area contributed by atoms with Crippen molar-refractivity contribution in [1.29, 1.82) is 0 Å². The highest BCUT2D eigenvalue weighted by Gasteiger charge is 2.44. The first-order chi connectivity index (χ1) is 20.8. The molecule has 0 bridgehead atoms. The number of carboxylic acid groups (broad SMARTS) is 1. The average Bonchev–Trinajstić information content (AvgIpc) is 3.48. The Hall–Kier alpha value is -3.32. The second-order valence-corrected chi connectivity index (χ2v) is 14.4. The van der Waals surface area contributed by atoms with Gasteiger partial charge in [0.1, 0.15) is 15.6 Å². The highest BCUT2D eigenvalue weighted by molar-refractivity contribution is 7.89. The summed E-state index contributed by atoms with van der Waals surface area (Å²) in [5.41, 5.74) is 1.21. The van der Waals surface area contributed by atoms with Crippen LogP contribution in [-0.4, -0.2) is 73.1 Å². The first kappa shape index (κ1) is 29.7. The maximum atomic E-state index is 13.9. The Labute approximate surface area is 255 Å². The Morgan fingerprint density at radius 3 is 2.44 bits per heavy atom. The SMILES string of the molecule is O=C(O)c1sc(-c2ccccc2)cc1N1C(=O)CN(S(=O)(=O)c2ccc(NC3CCOCC3)nc2)C[C@H]1C1CCCCC1. The summed E-state index contributed by atoms with van der Waals surface area (Å²) >= 11 is 1.14. The molecule has 12 heteroatoms. The molecule has 10 nitrogen and oxygen atoms in total. The lowest BCUT2D eigenvalue weighted by atomic mass is 9.82. The number of pyridine rings is 1. The van der Waals surface area contributed by atoms with Crippen LogP contribution in [0.2, 0.25) is 0 Å². The number of nitrogens with one attached hydrogen (secondary N) is 1. The minimum Gasteiger partial charge on any atom is -0.477 e. The van der Waals surface area contributed by atoms with Crippen LogP contribution < -0.4 is 10.2 Å². The van der Waals surface area contributed by atoms with Gasteiger partial charge in [0.05, 0.1) is 18.3 Å². The van der Waals surface area contributed by atoms with Gasteiger partial charge in [-0.1, -0.05) is 49.6 Å². The summed E-state index contributed by atoms with van der Waals surface area (Å²) in [6.45, 7) is 1.08. The van der Waals surface area contributed by atoms with Crippen LogP contribution in [0, 0.1) is 5.92 Å². The molecule has 0 spiro atoms. The molecule has 2 N–H and O–H groups in total. The molecule has 1 saturated carbocycles. The number of nitrogens with zero attached hydrogens (tertiary/aromatic N) is 3. The predicted octanol–water partition coefficient (Wildman–Crippen LogP) is 5.09. The highest BCUT2D eigenvalue weighted by Crippen LogP contribution is 2.42. The molecule has 1 amide bonds. The van der Waals surface area contributed by atoms with E-state index in [4.69, 9.17) is 4.74 Å². The number of sulfonamides is 1. The van der Waals surface area contributed by atoms with Crippen LogP contribution in [0.15, 0.2) is 59.6 Å². The highest BCUT2D eigenvalue weighted by atomic mass is 32.2. The smallest absolute Gasteiger partial charge is 0.348 e. The molecule has 3 aliphatic rings. The third kappa shape index (κ3) is 6.33. The first-order valence-corrected chi connectivity index (χ1v) is 17.1. The molecule has 1 aromatic carbocycles. The van der Waals surface area contributed by atoms with Gasteiger partial charge in [-0.25, -0.2) is 18.2 Å². The summed E-state index contributed by atoms with van der Waals surface area (Å²) in [6.07, 6.45) is 7.85. The number of anilines is 2. The van der Waals surface area contributed by atoms with Gasteiger partial charge in [-0.2, -0.15) is 4.31 Å². The van der Waals surface area contributed by atoms with Gasteiger partial charge in [0.2, 0.25) is 15.9 Å². The fraction of sp³-hybridized carbons (Fsp3) is 0.452. The monoisotopic (exact) mass is 624 g/mol. The van der Waals surface area contributed by atoms with Crippen LogP contribution in [0.25, 0.3) is 10.4 Å². The minimum absolute atomic E-state index is 0.0294. The van der Waals surface area contributed by atoms with Crippen LogP contribution in [0.4, 0.5) is 11.5 Å². The van der Waals surface area contributed by atoms with Gasteiger partial charge in [-0.15, -0.1) is 11.3 Å². The molecule has 2 aliphatic heterocycles. The van der Waals surface area contributed by atoms with Crippen molar-refractivity contribution in [3.8, 4) is 10.4 Å². The molecule has 1 aliphatic carbocycles. The lowest BCUT2D eigenvalue weighted by Crippen LogP contribution is -2.60. The fourth-order valence-electron chi connectivity index (χ4n) is 6.42. The molecule has 43 heavy (non-hydrogen) atoms. The number of carboxylic acids is 1. The summed E-state index contributed by atoms with van der Waals surface area (Å²) in [5, 5.41) is 13.5. The number of ether oxygens (including phenoxy) is 1. The Kier molecular flexibility index (Phi) is 8.80. The molecule has 4 heterocycles. The molecule has 3 aromatic rings. The third-order valence-electron chi connectivity index (χ3n) is 8.67. The number of hydrogen-bond donors (Lipinski definition) is 2. The number of benzene rings is 1. The van der Waals surface area contributed by atoms with Gasteiger partial charge in [-0.05, 0) is 55.4 Å². The Bertz CT molecular complexity index is 1550. The molecule has 0 unspecified atom stereocenters. The Balaban J connectivity index is 1.29. The summed E-state index contributed by atoms with van der Waals surface area (Å²) in [6, 6.07) is 14.2. The van der Waals surface area contributed by atoms with Crippen molar-refractivity contribution in [2.75, 3.05) is 36.5 Å². The molecule has 6 rings (SSSR count). The first-order valence-electron chi connectivity index (χ1n) is 14.9. The summed E-state index contributed by atoms with van der Waals surface area (Å²) in [7, 11) is -4.02. The number of rotatable bonds is 8. The van der Waals surface area contributed by atoms with Crippen LogP contribution in [0.1, 0.15) is 54.6 Å². The van der Waals surface area contributed by atoms with E-state index in [0.29, 0.717) is 24.7 Å². The van der Waals surface area contributed by atoms with Gasteiger partial charge in [0.25, 0.3) is 0 Å². The van der Waals surface area contributed by atoms with E-state index in [2.05, 4.69) is 10.3 Å². The number of aromatic nitrogens is 1. The van der Waals surface area contributed by atoms with E-state index in [-0.39, 0.29) is 34.8 Å². The van der Waals surface area contributed by atoms with Crippen LogP contribution >= 0.6 is 11.3 Å². The molecule has 3 fully saturated rings. The summed E-state index contributed by atoms with van der Waals surface area (Å²) in [5.74, 6) is -0.870. The maximum Gasteiger partial charge on any atom is 0.348 e. The van der Waals surface area contributed by atoms with Gasteiger partial charge >= 0.3 is 5.97 Å². The van der Waals surface area contributed by atoms with E-state index in [1.807, 2.05) is 30.3 Å². The predicted molar refractivity (Wildman–Crippen MR) is 165 cm³/mol. The second kappa shape index (κ2) is 12.7. The van der Waals surface area contributed by atoms with E-state index in [1.165, 1.54) is 16.6 Å². The third-order valence-corrected chi connectivity index (χ3v) is 11.6. The van der Waals surface area contributed by atoms with Crippen molar-refractivity contribution < 1.29 is 27.9 Å². The van der Waals surface area contributed by atoms with Crippen molar-refractivity contribution in [2.24, 2.45) is 5.92 Å². The van der Waals surface area contributed by atoms with Crippen LogP contribution in [0.5, 0.6) is 0 Å². The largest absolute Gasteiger partial charge is 0.477 e. The van der Waals surface area contributed by atoms with E-state index in [0.717, 1.165) is 66.7 Å². The topological polar surface area (TPSA) is 129 Å². The van der Waals surface area contributed by atoms with E-state index < -0.39 is 27.9 Å². The number of amides is 1. The van der Waals surface area contributed by atoms with Gasteiger partial charge < -0.3 is 20.1 Å². The fourth-order valence-corrected chi connectivity index (χ4v) is 8.77. The molecular weight excluding hydrogens is 588 g/mol. The standard InChI is InChI=1S/C31H36N4O6S2/c36-29-20-34(43(39,40)24-11-12-28(32-18-24)33-23-13-15-41-16-14-23)19-26(21-7-3-1-4-8-21)35(29)25-17-27(42-30(25)31(37)38)22-9-5-2-6-10-22/h2,5-6,9-12,17-18,21,23,26H,1,3-4,7-8,13-16,19-20H2,(H,32,33)(H,37,38)/t26-/m0/s1. The number of carbonyl (C=O) groups is 2. The lowest BCUT2D eigenvalue weighted by molar-refractivity contribution is -0.121. The maximum absolute atomic E-state index is 13.9. The van der Waals surface area contributed by atoms with Gasteiger partial charge in [0, 0.05) is 36.9 Å². The van der Waals surface area contributed by atoms with Crippen molar-refractivity contribution in [3.05, 3.63) is 59.6 Å². The van der Waals surface area contributed by atoms with Crippen molar-refractivity contribution >= 4 is 44.7 Å². The Morgan fingerprint density at radius 2 is 1.77 bits per heavy atom. The van der Waals surface area contributed by atoms with E-state index in [1.54, 1.807) is 17.0 Å². The summed E-state index contributed by atoms with van der Waals surface area (Å²) < 4.78 is 34.4. The zero-order valence-corrected chi connectivity index (χ0v) is 25.5.